The van der Waals surface area contributed by atoms with Crippen LogP contribution in [0.2, 0.25) is 5.02 Å². The average Bonchev–Trinajstić information content (AvgIpc) is 2.80. The van der Waals surface area contributed by atoms with Gasteiger partial charge in [0, 0.05) is 25.1 Å². The van der Waals surface area contributed by atoms with E-state index in [2.05, 4.69) is 0 Å². The van der Waals surface area contributed by atoms with Gasteiger partial charge in [0.2, 0.25) is 10.0 Å². The zero-order valence-corrected chi connectivity index (χ0v) is 19.6. The lowest BCUT2D eigenvalue weighted by molar-refractivity contribution is -0.109. The van der Waals surface area contributed by atoms with Crippen LogP contribution in [0.3, 0.4) is 0 Å². The largest absolute Gasteiger partial charge is 0.427 e. The van der Waals surface area contributed by atoms with E-state index >= 15 is 0 Å². The molecule has 1 aliphatic heterocycles. The number of hydrogen-bond donors (Lipinski definition) is 0. The Labute approximate surface area is 197 Å². The number of carbonyl (C=O) groups is 3. The third-order valence-electron chi connectivity index (χ3n) is 6.01. The van der Waals surface area contributed by atoms with Gasteiger partial charge in [-0.15, -0.1) is 0 Å². The Hall–Kier alpha value is -2.46. The second-order valence-electron chi connectivity index (χ2n) is 8.10. The van der Waals surface area contributed by atoms with E-state index in [1.807, 2.05) is 0 Å². The van der Waals surface area contributed by atoms with E-state index in [0.717, 1.165) is 22.7 Å². The van der Waals surface area contributed by atoms with Crippen molar-refractivity contribution in [3.8, 4) is 0 Å². The van der Waals surface area contributed by atoms with Gasteiger partial charge in [0.1, 0.15) is 23.6 Å². The van der Waals surface area contributed by atoms with Crippen LogP contribution in [0, 0.1) is 11.7 Å². The summed E-state index contributed by atoms with van der Waals surface area (Å²) in [5.74, 6) is -0.441. The van der Waals surface area contributed by atoms with Gasteiger partial charge in [-0.1, -0.05) is 17.7 Å². The predicted molar refractivity (Wildman–Crippen MR) is 121 cm³/mol. The average molecular weight is 501 g/mol. The highest BCUT2D eigenvalue weighted by Crippen LogP contribution is 2.34. The molecule has 3 rings (SSSR count). The highest BCUT2D eigenvalue weighted by molar-refractivity contribution is 7.93. The Morgan fingerprint density at radius 2 is 1.97 bits per heavy atom. The molecule has 1 aromatic rings. The molecule has 1 aromatic carbocycles. The van der Waals surface area contributed by atoms with E-state index in [0.29, 0.717) is 51.5 Å². The summed E-state index contributed by atoms with van der Waals surface area (Å²) < 4.78 is 46.8. The molecule has 1 heterocycles. The van der Waals surface area contributed by atoms with Crippen LogP contribution in [0.15, 0.2) is 29.8 Å². The first-order chi connectivity index (χ1) is 15.8. The first-order valence-electron chi connectivity index (χ1n) is 10.7. The standard InChI is InChI=1S/C22H26ClFN2O6S/c23-19-13-18(24)5-6-20(19)26(33(30,31)21-4-2-1-3-17(21)14-28)15-32-22(29)25-10-7-16(8-11-25)9-12-27/h3,5-6,12-14,16,21H,1-2,4,7-11,15H2. The van der Waals surface area contributed by atoms with Gasteiger partial charge in [-0.25, -0.2) is 21.9 Å². The molecule has 0 N–H and O–H groups in total. The van der Waals surface area contributed by atoms with Gasteiger partial charge in [0.05, 0.1) is 10.7 Å². The van der Waals surface area contributed by atoms with Crippen LogP contribution >= 0.6 is 11.6 Å². The molecule has 0 bridgehead atoms. The number of benzene rings is 1. The Bertz CT molecular complexity index is 1020. The summed E-state index contributed by atoms with van der Waals surface area (Å²) in [5.41, 5.74) is 0.0828. The van der Waals surface area contributed by atoms with Crippen molar-refractivity contribution >= 4 is 46.0 Å². The molecular formula is C22H26ClFN2O6S. The molecule has 1 atom stereocenters. The summed E-state index contributed by atoms with van der Waals surface area (Å²) in [5, 5.41) is -1.29. The number of carbonyl (C=O) groups excluding carboxylic acids is 3. The van der Waals surface area contributed by atoms with Crippen LogP contribution < -0.4 is 4.31 Å². The van der Waals surface area contributed by atoms with Gasteiger partial charge >= 0.3 is 6.09 Å². The quantitative estimate of drug-likeness (QED) is 0.398. The summed E-state index contributed by atoms with van der Waals surface area (Å²) in [7, 11) is -4.22. The maximum Gasteiger partial charge on any atom is 0.411 e. The third kappa shape index (κ3) is 5.92. The van der Waals surface area contributed by atoms with Crippen molar-refractivity contribution < 1.29 is 31.9 Å². The molecule has 11 heteroatoms. The Balaban J connectivity index is 1.82. The highest BCUT2D eigenvalue weighted by Gasteiger charge is 2.38. The lowest BCUT2D eigenvalue weighted by Crippen LogP contribution is -2.45. The molecule has 1 unspecified atom stereocenters. The summed E-state index contributed by atoms with van der Waals surface area (Å²) in [6, 6.07) is 3.22. The first kappa shape index (κ1) is 25.2. The molecule has 1 saturated heterocycles. The number of aldehydes is 2. The molecule has 1 aliphatic carbocycles. The number of allylic oxidation sites excluding steroid dienone is 1. The molecule has 180 valence electrons. The van der Waals surface area contributed by atoms with Crippen molar-refractivity contribution in [3.05, 3.63) is 40.7 Å². The molecule has 2 aliphatic rings. The topological polar surface area (TPSA) is 101 Å². The van der Waals surface area contributed by atoms with Crippen molar-refractivity contribution in [3.63, 3.8) is 0 Å². The molecule has 0 aromatic heterocycles. The van der Waals surface area contributed by atoms with Crippen molar-refractivity contribution in [2.24, 2.45) is 5.92 Å². The SMILES string of the molecule is O=CCC1CCN(C(=O)OCN(c2ccc(F)cc2Cl)S(=O)(=O)C2CCCC=C2C=O)CC1. The number of piperidine rings is 1. The second kappa shape index (κ2) is 11.1. The van der Waals surface area contributed by atoms with E-state index < -0.39 is 33.9 Å². The van der Waals surface area contributed by atoms with Crippen LogP contribution in [0.4, 0.5) is 14.9 Å². The first-order valence-corrected chi connectivity index (χ1v) is 12.6. The van der Waals surface area contributed by atoms with Crippen molar-refractivity contribution in [1.29, 1.82) is 0 Å². The Morgan fingerprint density at radius 1 is 1.24 bits per heavy atom. The van der Waals surface area contributed by atoms with E-state index in [9.17, 15) is 27.2 Å². The fraction of sp³-hybridized carbons (Fsp3) is 0.500. The van der Waals surface area contributed by atoms with Crippen LogP contribution in [-0.4, -0.2) is 57.1 Å². The molecule has 1 fully saturated rings. The van der Waals surface area contributed by atoms with Crippen LogP contribution in [0.1, 0.15) is 38.5 Å². The van der Waals surface area contributed by atoms with E-state index in [4.69, 9.17) is 16.3 Å². The van der Waals surface area contributed by atoms with Crippen molar-refractivity contribution in [2.45, 2.75) is 43.8 Å². The number of halogens is 2. The number of anilines is 1. The Kier molecular flexibility index (Phi) is 8.47. The predicted octanol–water partition coefficient (Wildman–Crippen LogP) is 3.69. The van der Waals surface area contributed by atoms with E-state index in [-0.39, 0.29) is 28.6 Å². The summed E-state index contributed by atoms with van der Waals surface area (Å²) in [4.78, 5) is 36.3. The lowest BCUT2D eigenvalue weighted by atomic mass is 9.94. The molecule has 33 heavy (non-hydrogen) atoms. The minimum atomic E-state index is -4.22. The number of amides is 1. The number of nitrogens with zero attached hydrogens (tertiary/aromatic N) is 2. The zero-order chi connectivity index (χ0) is 24.0. The maximum absolute atomic E-state index is 13.6. The number of sulfonamides is 1. The van der Waals surface area contributed by atoms with Gasteiger partial charge < -0.3 is 14.4 Å². The van der Waals surface area contributed by atoms with Crippen molar-refractivity contribution in [1.82, 2.24) is 4.90 Å². The second-order valence-corrected chi connectivity index (χ2v) is 10.5. The Morgan fingerprint density at radius 3 is 2.61 bits per heavy atom. The zero-order valence-electron chi connectivity index (χ0n) is 18.0. The maximum atomic E-state index is 13.6. The van der Waals surface area contributed by atoms with Gasteiger partial charge in [0.15, 0.2) is 6.73 Å². The molecule has 8 nitrogen and oxygen atoms in total. The summed E-state index contributed by atoms with van der Waals surface area (Å²) in [6.07, 6.45) is 5.37. The molecule has 0 saturated carbocycles. The van der Waals surface area contributed by atoms with Crippen LogP contribution in [0.5, 0.6) is 0 Å². The minimum Gasteiger partial charge on any atom is -0.427 e. The number of hydrogen-bond acceptors (Lipinski definition) is 6. The number of likely N-dealkylation sites (tertiary alicyclic amines) is 1. The van der Waals surface area contributed by atoms with Gasteiger partial charge in [-0.3, -0.25) is 4.79 Å². The monoisotopic (exact) mass is 500 g/mol. The molecule has 0 radical (unpaired) electrons. The van der Waals surface area contributed by atoms with Crippen molar-refractivity contribution in [2.75, 3.05) is 24.1 Å². The third-order valence-corrected chi connectivity index (χ3v) is 8.46. The molecular weight excluding hydrogens is 475 g/mol. The summed E-state index contributed by atoms with van der Waals surface area (Å²) >= 11 is 6.14. The molecule has 0 spiro atoms. The lowest BCUT2D eigenvalue weighted by Gasteiger charge is -2.33. The normalized spacial score (nSPS) is 19.5. The fourth-order valence-electron chi connectivity index (χ4n) is 4.12. The van der Waals surface area contributed by atoms with E-state index in [1.165, 1.54) is 11.0 Å². The summed E-state index contributed by atoms with van der Waals surface area (Å²) in [6.45, 7) is 0.105. The number of rotatable bonds is 8. The van der Waals surface area contributed by atoms with Gasteiger partial charge in [0.25, 0.3) is 0 Å². The minimum absolute atomic E-state index is 0.0496. The van der Waals surface area contributed by atoms with Gasteiger partial charge in [-0.2, -0.15) is 0 Å². The van der Waals surface area contributed by atoms with E-state index in [1.54, 1.807) is 6.08 Å². The smallest absolute Gasteiger partial charge is 0.411 e. The van der Waals surface area contributed by atoms with Crippen LogP contribution in [-0.2, 0) is 24.3 Å². The van der Waals surface area contributed by atoms with Crippen LogP contribution in [0.25, 0.3) is 0 Å². The van der Waals surface area contributed by atoms with Gasteiger partial charge in [-0.05, 0) is 56.2 Å². The molecule has 1 amide bonds. The highest BCUT2D eigenvalue weighted by atomic mass is 35.5. The number of ether oxygens (including phenoxy) is 1. The fourth-order valence-corrected chi connectivity index (χ4v) is 6.34.